The average Bonchev–Trinajstić information content (AvgIpc) is 3.36. The molecule has 1 aliphatic rings. The van der Waals surface area contributed by atoms with Crippen molar-refractivity contribution >= 4 is 22.9 Å². The van der Waals surface area contributed by atoms with E-state index in [1.54, 1.807) is 7.11 Å². The van der Waals surface area contributed by atoms with Crippen LogP contribution in [-0.4, -0.2) is 27.3 Å². The lowest BCUT2D eigenvalue weighted by Gasteiger charge is -2.37. The van der Waals surface area contributed by atoms with E-state index >= 15 is 0 Å². The second kappa shape index (κ2) is 9.95. The first-order valence-electron chi connectivity index (χ1n) is 11.8. The first kappa shape index (κ1) is 23.8. The van der Waals surface area contributed by atoms with Crippen molar-refractivity contribution in [2.75, 3.05) is 7.11 Å². The molecule has 3 aromatic carbocycles. The minimum absolute atomic E-state index is 0.247. The van der Waals surface area contributed by atoms with Gasteiger partial charge in [-0.3, -0.25) is 0 Å². The van der Waals surface area contributed by atoms with Crippen LogP contribution in [-0.2, 0) is 6.54 Å². The Labute approximate surface area is 216 Å². The van der Waals surface area contributed by atoms with Gasteiger partial charge in [0.15, 0.2) is 5.11 Å². The van der Waals surface area contributed by atoms with Crippen molar-refractivity contribution in [2.45, 2.75) is 33.4 Å². The largest absolute Gasteiger partial charge is 0.497 e. The third-order valence-corrected chi connectivity index (χ3v) is 6.77. The van der Waals surface area contributed by atoms with Crippen LogP contribution in [0, 0.1) is 13.8 Å². The highest BCUT2D eigenvalue weighted by atomic mass is 32.1. The number of rotatable bonds is 6. The summed E-state index contributed by atoms with van der Waals surface area (Å²) < 4.78 is 11.2. The van der Waals surface area contributed by atoms with Crippen LogP contribution in [0.1, 0.15) is 41.1 Å². The maximum atomic E-state index is 5.86. The molecule has 0 amide bonds. The predicted molar refractivity (Wildman–Crippen MR) is 145 cm³/mol. The fourth-order valence-electron chi connectivity index (χ4n) is 4.44. The summed E-state index contributed by atoms with van der Waals surface area (Å²) in [6.07, 6.45) is 0. The summed E-state index contributed by atoms with van der Waals surface area (Å²) >= 11 is 5.85. The molecule has 36 heavy (non-hydrogen) atoms. The molecule has 7 heteroatoms. The highest BCUT2D eigenvalue weighted by molar-refractivity contribution is 7.80. The molecule has 0 radical (unpaired) electrons. The third-order valence-electron chi connectivity index (χ3n) is 6.43. The van der Waals surface area contributed by atoms with Gasteiger partial charge in [0.1, 0.15) is 5.75 Å². The topological polar surface area (TPSA) is 63.4 Å². The summed E-state index contributed by atoms with van der Waals surface area (Å²) in [6, 6.07) is 24.2. The van der Waals surface area contributed by atoms with Gasteiger partial charge in [-0.1, -0.05) is 76.9 Å². The lowest BCUT2D eigenvalue weighted by Crippen LogP contribution is -2.45. The maximum Gasteiger partial charge on any atom is 0.258 e. The Balaban J connectivity index is 1.59. The SMILES string of the molecule is COc1ccc(C2NC(=S)N(Cc3cccc(C)c3)C(C)=C2c2nc(-c3ccc(C)cc3)no2)cc1. The predicted octanol–water partition coefficient (Wildman–Crippen LogP) is 6.22. The molecule has 1 aromatic heterocycles. The van der Waals surface area contributed by atoms with Crippen molar-refractivity contribution in [3.8, 4) is 17.1 Å². The molecular formula is C29H28N4O2S. The number of aryl methyl sites for hydroxylation is 2. The van der Waals surface area contributed by atoms with Gasteiger partial charge in [0.2, 0.25) is 5.82 Å². The van der Waals surface area contributed by atoms with Crippen LogP contribution < -0.4 is 10.1 Å². The van der Waals surface area contributed by atoms with Gasteiger partial charge in [-0.15, -0.1) is 0 Å². The van der Waals surface area contributed by atoms with Crippen molar-refractivity contribution < 1.29 is 9.26 Å². The highest BCUT2D eigenvalue weighted by Crippen LogP contribution is 2.38. The molecule has 1 atom stereocenters. The van der Waals surface area contributed by atoms with Crippen LogP contribution in [0.5, 0.6) is 5.75 Å². The first-order valence-corrected chi connectivity index (χ1v) is 12.2. The molecule has 0 saturated carbocycles. The standard InChI is InChI=1S/C29H28N4O2S/c1-18-8-10-23(11-9-18)27-31-28(35-32-27)25-20(3)33(17-21-7-5-6-19(2)16-21)29(36)30-26(25)22-12-14-24(34-4)15-13-22/h5-16,26H,17H2,1-4H3,(H,30,36). The Morgan fingerprint density at radius 2 is 1.72 bits per heavy atom. The van der Waals surface area contributed by atoms with E-state index in [-0.39, 0.29) is 6.04 Å². The zero-order chi connectivity index (χ0) is 25.2. The Hall–Kier alpha value is -3.97. The van der Waals surface area contributed by atoms with Crippen molar-refractivity contribution in [1.82, 2.24) is 20.4 Å². The highest BCUT2D eigenvalue weighted by Gasteiger charge is 2.34. The van der Waals surface area contributed by atoms with Gasteiger partial charge in [-0.25, -0.2) is 0 Å². The number of hydrogen-bond donors (Lipinski definition) is 1. The van der Waals surface area contributed by atoms with Crippen LogP contribution in [0.4, 0.5) is 0 Å². The average molecular weight is 497 g/mol. The van der Waals surface area contributed by atoms with Gasteiger partial charge in [0.05, 0.1) is 18.7 Å². The Morgan fingerprint density at radius 1 is 0.972 bits per heavy atom. The molecule has 182 valence electrons. The molecule has 0 spiro atoms. The number of allylic oxidation sites excluding steroid dienone is 1. The van der Waals surface area contributed by atoms with Crippen molar-refractivity contribution in [2.24, 2.45) is 0 Å². The summed E-state index contributed by atoms with van der Waals surface area (Å²) in [7, 11) is 1.66. The molecule has 1 aliphatic heterocycles. The third kappa shape index (κ3) is 4.75. The minimum atomic E-state index is -0.247. The van der Waals surface area contributed by atoms with Crippen molar-refractivity contribution in [1.29, 1.82) is 0 Å². The Morgan fingerprint density at radius 3 is 2.42 bits per heavy atom. The van der Waals surface area contributed by atoms with E-state index < -0.39 is 0 Å². The van der Waals surface area contributed by atoms with Gasteiger partial charge in [-0.2, -0.15) is 4.98 Å². The van der Waals surface area contributed by atoms with Gasteiger partial charge >= 0.3 is 0 Å². The van der Waals surface area contributed by atoms with E-state index in [0.717, 1.165) is 28.1 Å². The zero-order valence-electron chi connectivity index (χ0n) is 20.8. The number of methoxy groups -OCH3 is 1. The number of ether oxygens (including phenoxy) is 1. The molecule has 1 unspecified atom stereocenters. The molecule has 0 aliphatic carbocycles. The fourth-order valence-corrected chi connectivity index (χ4v) is 4.76. The van der Waals surface area contributed by atoms with E-state index in [4.69, 9.17) is 26.5 Å². The lowest BCUT2D eigenvalue weighted by molar-refractivity contribution is 0.396. The van der Waals surface area contributed by atoms with Crippen molar-refractivity contribution in [3.63, 3.8) is 0 Å². The smallest absolute Gasteiger partial charge is 0.258 e. The molecule has 2 heterocycles. The summed E-state index contributed by atoms with van der Waals surface area (Å²) in [4.78, 5) is 6.90. The second-order valence-electron chi connectivity index (χ2n) is 9.02. The summed E-state index contributed by atoms with van der Waals surface area (Å²) in [5.41, 5.74) is 7.36. The zero-order valence-corrected chi connectivity index (χ0v) is 21.6. The number of nitrogens with one attached hydrogen (secondary N) is 1. The molecule has 6 nitrogen and oxygen atoms in total. The normalized spacial score (nSPS) is 15.7. The molecular weight excluding hydrogens is 468 g/mol. The van der Waals surface area contributed by atoms with Crippen LogP contribution >= 0.6 is 12.2 Å². The summed E-state index contributed by atoms with van der Waals surface area (Å²) in [6.45, 7) is 6.84. The molecule has 4 aromatic rings. The van der Waals surface area contributed by atoms with E-state index in [0.29, 0.717) is 23.4 Å². The van der Waals surface area contributed by atoms with Crippen LogP contribution in [0.2, 0.25) is 0 Å². The fraction of sp³-hybridized carbons (Fsp3) is 0.207. The van der Waals surface area contributed by atoms with E-state index in [1.165, 1.54) is 16.7 Å². The first-order chi connectivity index (χ1) is 17.4. The quantitative estimate of drug-likeness (QED) is 0.318. The van der Waals surface area contributed by atoms with Gasteiger partial charge in [0.25, 0.3) is 5.89 Å². The molecule has 0 saturated heterocycles. The number of benzene rings is 3. The lowest BCUT2D eigenvalue weighted by atomic mass is 9.94. The van der Waals surface area contributed by atoms with Gasteiger partial charge in [0, 0.05) is 17.8 Å². The Bertz CT molecular complexity index is 1420. The Kier molecular flexibility index (Phi) is 6.57. The maximum absolute atomic E-state index is 5.86. The molecule has 1 N–H and O–H groups in total. The van der Waals surface area contributed by atoms with Gasteiger partial charge in [-0.05, 0) is 56.2 Å². The van der Waals surface area contributed by atoms with Crippen LogP contribution in [0.25, 0.3) is 17.0 Å². The van der Waals surface area contributed by atoms with E-state index in [2.05, 4.69) is 60.4 Å². The second-order valence-corrected chi connectivity index (χ2v) is 9.41. The van der Waals surface area contributed by atoms with Crippen LogP contribution in [0.3, 0.4) is 0 Å². The number of aromatic nitrogens is 2. The summed E-state index contributed by atoms with van der Waals surface area (Å²) in [5.74, 6) is 1.81. The minimum Gasteiger partial charge on any atom is -0.497 e. The van der Waals surface area contributed by atoms with Gasteiger partial charge < -0.3 is 19.5 Å². The number of thiocarbonyl (C=S) groups is 1. The number of hydrogen-bond acceptors (Lipinski definition) is 5. The van der Waals surface area contributed by atoms with Crippen LogP contribution in [0.15, 0.2) is 83.0 Å². The summed E-state index contributed by atoms with van der Waals surface area (Å²) in [5, 5.41) is 8.47. The van der Waals surface area contributed by atoms with E-state index in [1.807, 2.05) is 48.5 Å². The monoisotopic (exact) mass is 496 g/mol. The molecule has 0 bridgehead atoms. The van der Waals surface area contributed by atoms with Crippen molar-refractivity contribution in [3.05, 3.63) is 107 Å². The van der Waals surface area contributed by atoms with E-state index in [9.17, 15) is 0 Å². The number of nitrogens with zero attached hydrogens (tertiary/aromatic N) is 3. The molecule has 0 fully saturated rings. The molecule has 5 rings (SSSR count).